The van der Waals surface area contributed by atoms with Gasteiger partial charge in [-0.3, -0.25) is 19.1 Å². The number of pyridine rings is 1. The first kappa shape index (κ1) is 30.3. The molecule has 0 aliphatic heterocycles. The summed E-state index contributed by atoms with van der Waals surface area (Å²) in [6.45, 7) is 5.57. The van der Waals surface area contributed by atoms with Crippen LogP contribution in [-0.2, 0) is 16.4 Å². The fraction of sp³-hybridized carbons (Fsp3) is 0.156. The molecule has 14 heteroatoms. The standard InChI is InChI=1S/C32H31N9O4S/c1-4-25-26(39-46(44,45)24-12-10-23(42)11-13-24)16-21(17-34-25)27-29(33)35-18-36-30(27)37-20(3)31-38-40-15-14-19(2)28(40)32(43)41(31)22-8-6-5-7-9-22/h5-18,20,39,42H,4H2,1-3H3,(H3,33,35,36,37)/t20-/m0/s1. The smallest absolute Gasteiger partial charge is 0.282 e. The third-order valence-electron chi connectivity index (χ3n) is 7.53. The second-order valence-corrected chi connectivity index (χ2v) is 12.3. The highest BCUT2D eigenvalue weighted by atomic mass is 32.2. The zero-order chi connectivity index (χ0) is 32.6. The zero-order valence-corrected chi connectivity index (χ0v) is 26.0. The quantitative estimate of drug-likeness (QED) is 0.176. The van der Waals surface area contributed by atoms with Gasteiger partial charge in [0, 0.05) is 18.0 Å². The highest BCUT2D eigenvalue weighted by Crippen LogP contribution is 2.35. The van der Waals surface area contributed by atoms with E-state index in [0.717, 1.165) is 5.56 Å². The van der Waals surface area contributed by atoms with Crippen molar-refractivity contribution in [2.24, 2.45) is 0 Å². The van der Waals surface area contributed by atoms with Crippen molar-refractivity contribution < 1.29 is 13.5 Å². The summed E-state index contributed by atoms with van der Waals surface area (Å²) in [6.07, 6.45) is 5.08. The van der Waals surface area contributed by atoms with Crippen molar-refractivity contribution in [1.82, 2.24) is 29.1 Å². The van der Waals surface area contributed by atoms with E-state index in [1.54, 1.807) is 27.5 Å². The van der Waals surface area contributed by atoms with Gasteiger partial charge in [-0.25, -0.2) is 22.9 Å². The number of aromatic nitrogens is 6. The van der Waals surface area contributed by atoms with E-state index >= 15 is 0 Å². The number of phenols is 1. The highest BCUT2D eigenvalue weighted by molar-refractivity contribution is 7.92. The number of nitrogens with zero attached hydrogens (tertiary/aromatic N) is 6. The van der Waals surface area contributed by atoms with Gasteiger partial charge in [-0.1, -0.05) is 25.1 Å². The summed E-state index contributed by atoms with van der Waals surface area (Å²) in [5, 5.41) is 17.8. The number of phenolic OH excluding ortho intramolecular Hbond substituents is 1. The minimum atomic E-state index is -4.01. The second-order valence-electron chi connectivity index (χ2n) is 10.6. The molecule has 4 heterocycles. The van der Waals surface area contributed by atoms with Crippen molar-refractivity contribution in [3.63, 3.8) is 0 Å². The molecular formula is C32H31N9O4S. The molecule has 0 saturated carbocycles. The van der Waals surface area contributed by atoms with E-state index < -0.39 is 16.1 Å². The topological polar surface area (TPSA) is 182 Å². The van der Waals surface area contributed by atoms with Gasteiger partial charge in [0.2, 0.25) is 0 Å². The van der Waals surface area contributed by atoms with Crippen molar-refractivity contribution in [2.75, 3.05) is 15.8 Å². The van der Waals surface area contributed by atoms with Crippen molar-refractivity contribution >= 4 is 32.9 Å². The number of hydrogen-bond acceptors (Lipinski definition) is 10. The Bertz CT molecular complexity index is 2230. The van der Waals surface area contributed by atoms with E-state index in [0.29, 0.717) is 46.1 Å². The number of nitrogens with one attached hydrogen (secondary N) is 2. The first-order valence-electron chi connectivity index (χ1n) is 14.4. The molecule has 0 fully saturated rings. The lowest BCUT2D eigenvalue weighted by molar-refractivity contribution is 0.475. The Labute approximate surface area is 264 Å². The van der Waals surface area contributed by atoms with Gasteiger partial charge in [0.1, 0.15) is 29.2 Å². The van der Waals surface area contributed by atoms with E-state index in [1.807, 2.05) is 57.2 Å². The third-order valence-corrected chi connectivity index (χ3v) is 8.91. The highest BCUT2D eigenvalue weighted by Gasteiger charge is 2.23. The minimum absolute atomic E-state index is 0.0247. The van der Waals surface area contributed by atoms with Crippen LogP contribution in [0.3, 0.4) is 0 Å². The maximum atomic E-state index is 13.8. The number of rotatable bonds is 9. The van der Waals surface area contributed by atoms with Crippen LogP contribution in [0.4, 0.5) is 17.3 Å². The fourth-order valence-corrected chi connectivity index (χ4v) is 6.31. The number of anilines is 3. The van der Waals surface area contributed by atoms with E-state index in [1.165, 1.54) is 30.6 Å². The maximum absolute atomic E-state index is 13.8. The monoisotopic (exact) mass is 637 g/mol. The van der Waals surface area contributed by atoms with Gasteiger partial charge in [-0.05, 0) is 74.4 Å². The summed E-state index contributed by atoms with van der Waals surface area (Å²) in [5.41, 5.74) is 9.70. The number of benzene rings is 2. The number of sulfonamides is 1. The number of hydrogen-bond donors (Lipinski definition) is 4. The van der Waals surface area contributed by atoms with Crippen LogP contribution in [0.2, 0.25) is 0 Å². The van der Waals surface area contributed by atoms with Crippen LogP contribution >= 0.6 is 0 Å². The predicted molar refractivity (Wildman–Crippen MR) is 176 cm³/mol. The second kappa shape index (κ2) is 12.0. The molecule has 0 aliphatic rings. The summed E-state index contributed by atoms with van der Waals surface area (Å²) in [5.74, 6) is 0.832. The predicted octanol–water partition coefficient (Wildman–Crippen LogP) is 4.47. The van der Waals surface area contributed by atoms with E-state index in [2.05, 4.69) is 25.0 Å². The fourth-order valence-electron chi connectivity index (χ4n) is 5.23. The molecule has 0 saturated heterocycles. The molecule has 5 N–H and O–H groups in total. The van der Waals surface area contributed by atoms with Crippen LogP contribution in [0, 0.1) is 6.92 Å². The Balaban J connectivity index is 1.42. The molecule has 13 nitrogen and oxygen atoms in total. The van der Waals surface area contributed by atoms with Gasteiger partial charge >= 0.3 is 0 Å². The number of nitrogen functional groups attached to an aromatic ring is 1. The van der Waals surface area contributed by atoms with E-state index in [4.69, 9.17) is 10.8 Å². The molecule has 0 bridgehead atoms. The van der Waals surface area contributed by atoms with Gasteiger partial charge in [0.05, 0.1) is 33.6 Å². The molecule has 2 aromatic carbocycles. The van der Waals surface area contributed by atoms with E-state index in [-0.39, 0.29) is 27.7 Å². The molecule has 1 atom stereocenters. The number of aromatic hydroxyl groups is 1. The largest absolute Gasteiger partial charge is 0.508 e. The van der Waals surface area contributed by atoms with Gasteiger partial charge in [0.25, 0.3) is 15.6 Å². The van der Waals surface area contributed by atoms with Gasteiger partial charge in [-0.2, -0.15) is 5.10 Å². The molecule has 0 aliphatic carbocycles. The Morgan fingerprint density at radius 2 is 1.76 bits per heavy atom. The Hall–Kier alpha value is -5.76. The Kier molecular flexibility index (Phi) is 7.88. The molecule has 4 aromatic heterocycles. The van der Waals surface area contributed by atoms with Crippen LogP contribution in [0.5, 0.6) is 5.75 Å². The Morgan fingerprint density at radius 3 is 2.48 bits per heavy atom. The van der Waals surface area contributed by atoms with Crippen LogP contribution in [0.15, 0.2) is 95.1 Å². The molecule has 46 heavy (non-hydrogen) atoms. The van der Waals surface area contributed by atoms with Crippen molar-refractivity contribution in [3.05, 3.63) is 113 Å². The molecule has 6 rings (SSSR count). The van der Waals surface area contributed by atoms with Crippen LogP contribution in [0.1, 0.15) is 37.0 Å². The van der Waals surface area contributed by atoms with Crippen molar-refractivity contribution in [3.8, 4) is 22.6 Å². The molecule has 0 unspecified atom stereocenters. The molecule has 0 spiro atoms. The van der Waals surface area contributed by atoms with Crippen molar-refractivity contribution in [2.45, 2.75) is 38.1 Å². The van der Waals surface area contributed by atoms with Crippen LogP contribution in [-0.4, -0.2) is 42.7 Å². The summed E-state index contributed by atoms with van der Waals surface area (Å²) in [7, 11) is -4.01. The summed E-state index contributed by atoms with van der Waals surface area (Å²) in [4.78, 5) is 27.0. The minimum Gasteiger partial charge on any atom is -0.508 e. The average molecular weight is 638 g/mol. The van der Waals surface area contributed by atoms with Gasteiger partial charge in [-0.15, -0.1) is 0 Å². The van der Waals surface area contributed by atoms with Gasteiger partial charge in [0.15, 0.2) is 5.82 Å². The molecular weight excluding hydrogens is 606 g/mol. The summed E-state index contributed by atoms with van der Waals surface area (Å²) < 4.78 is 32.2. The SMILES string of the molecule is CCc1ncc(-c2c(N)ncnc2N[C@@H](C)c2nn3ccc(C)c3c(=O)n2-c2ccccc2)cc1NS(=O)(=O)c1ccc(O)cc1. The first-order chi connectivity index (χ1) is 22.1. The third kappa shape index (κ3) is 5.61. The van der Waals surface area contributed by atoms with Crippen LogP contribution < -0.4 is 21.3 Å². The number of fused-ring (bicyclic) bond motifs is 1. The lowest BCUT2D eigenvalue weighted by atomic mass is 10.1. The zero-order valence-electron chi connectivity index (χ0n) is 25.2. The summed E-state index contributed by atoms with van der Waals surface area (Å²) in [6, 6.07) is 17.4. The number of para-hydroxylation sites is 1. The maximum Gasteiger partial charge on any atom is 0.282 e. The molecule has 0 radical (unpaired) electrons. The Morgan fingerprint density at radius 1 is 1.02 bits per heavy atom. The molecule has 6 aromatic rings. The first-order valence-corrected chi connectivity index (χ1v) is 15.9. The lowest BCUT2D eigenvalue weighted by Gasteiger charge is -2.21. The van der Waals surface area contributed by atoms with E-state index in [9.17, 15) is 18.3 Å². The normalized spacial score (nSPS) is 12.2. The molecule has 234 valence electrons. The number of nitrogens with two attached hydrogens (primary N) is 1. The molecule has 0 amide bonds. The van der Waals surface area contributed by atoms with Crippen LogP contribution in [0.25, 0.3) is 22.3 Å². The van der Waals surface area contributed by atoms with Crippen molar-refractivity contribution in [1.29, 1.82) is 0 Å². The average Bonchev–Trinajstić information content (AvgIpc) is 3.42. The number of aryl methyl sites for hydroxylation is 2. The van der Waals surface area contributed by atoms with Gasteiger partial charge < -0.3 is 16.2 Å². The summed E-state index contributed by atoms with van der Waals surface area (Å²) >= 11 is 0. The lowest BCUT2D eigenvalue weighted by Crippen LogP contribution is -2.29.